The number of nitrogens with one attached hydrogen (secondary N) is 1. The second-order valence-electron chi connectivity index (χ2n) is 6.38. The molecule has 1 amide bonds. The molecule has 1 spiro atoms. The first kappa shape index (κ1) is 14.8. The number of fused-ring (bicyclic) bond motifs is 1. The molecule has 2 aromatic carbocycles. The van der Waals surface area contributed by atoms with Gasteiger partial charge in [0.1, 0.15) is 5.66 Å². The van der Waals surface area contributed by atoms with Crippen LogP contribution in [0.15, 0.2) is 53.0 Å². The maximum atomic E-state index is 13.2. The summed E-state index contributed by atoms with van der Waals surface area (Å²) in [5.74, 6) is 0.101. The molecule has 23 heavy (non-hydrogen) atoms. The minimum absolute atomic E-state index is 0.101. The third-order valence-electron chi connectivity index (χ3n) is 4.92. The highest BCUT2D eigenvalue weighted by Gasteiger charge is 2.45. The number of para-hydroxylation sites is 1. The quantitative estimate of drug-likeness (QED) is 0.749. The molecular weight excluding hydrogens is 352 g/mol. The van der Waals surface area contributed by atoms with E-state index in [0.717, 1.165) is 47.1 Å². The van der Waals surface area contributed by atoms with E-state index in [4.69, 9.17) is 0 Å². The van der Waals surface area contributed by atoms with Gasteiger partial charge < -0.3 is 5.32 Å². The zero-order valence-electron chi connectivity index (χ0n) is 12.9. The lowest BCUT2D eigenvalue weighted by atomic mass is 9.84. The summed E-state index contributed by atoms with van der Waals surface area (Å²) < 4.78 is 1.02. The number of amides is 1. The van der Waals surface area contributed by atoms with E-state index in [2.05, 4.69) is 21.2 Å². The predicted octanol–water partition coefficient (Wildman–Crippen LogP) is 5.18. The number of halogens is 1. The lowest BCUT2D eigenvalue weighted by Gasteiger charge is -2.50. The summed E-state index contributed by atoms with van der Waals surface area (Å²) in [5.41, 5.74) is 2.39. The average molecular weight is 371 g/mol. The fourth-order valence-electron chi connectivity index (χ4n) is 3.84. The largest absolute Gasteiger partial charge is 0.362 e. The molecule has 3 nitrogen and oxygen atoms in total. The van der Waals surface area contributed by atoms with Crippen LogP contribution in [0.25, 0.3) is 0 Å². The van der Waals surface area contributed by atoms with Gasteiger partial charge in [0.2, 0.25) is 0 Å². The Morgan fingerprint density at radius 2 is 1.65 bits per heavy atom. The van der Waals surface area contributed by atoms with Crippen molar-refractivity contribution < 1.29 is 4.79 Å². The van der Waals surface area contributed by atoms with Crippen molar-refractivity contribution in [2.75, 3.05) is 10.2 Å². The van der Waals surface area contributed by atoms with Crippen LogP contribution in [0.3, 0.4) is 0 Å². The molecule has 0 radical (unpaired) electrons. The molecule has 1 aliphatic heterocycles. The summed E-state index contributed by atoms with van der Waals surface area (Å²) in [6, 6.07) is 15.9. The Labute approximate surface area is 144 Å². The van der Waals surface area contributed by atoms with E-state index in [1.807, 2.05) is 53.4 Å². The molecule has 2 aromatic rings. The topological polar surface area (TPSA) is 32.3 Å². The van der Waals surface area contributed by atoms with Crippen LogP contribution in [0.1, 0.15) is 42.5 Å². The first-order chi connectivity index (χ1) is 11.2. The number of carbonyl (C=O) groups is 1. The SMILES string of the molecule is O=C1c2ccccc2NC2(CCCCC2)N1c1ccc(Br)cc1. The summed E-state index contributed by atoms with van der Waals surface area (Å²) >= 11 is 3.48. The van der Waals surface area contributed by atoms with Crippen LogP contribution in [0.4, 0.5) is 11.4 Å². The second-order valence-corrected chi connectivity index (χ2v) is 7.30. The highest BCUT2D eigenvalue weighted by molar-refractivity contribution is 9.10. The van der Waals surface area contributed by atoms with Crippen molar-refractivity contribution in [3.8, 4) is 0 Å². The number of anilines is 2. The van der Waals surface area contributed by atoms with E-state index in [1.165, 1.54) is 6.42 Å². The van der Waals surface area contributed by atoms with Crippen LogP contribution < -0.4 is 10.2 Å². The van der Waals surface area contributed by atoms with E-state index in [9.17, 15) is 4.79 Å². The summed E-state index contributed by atoms with van der Waals surface area (Å²) in [5, 5.41) is 3.70. The molecule has 4 rings (SSSR count). The fourth-order valence-corrected chi connectivity index (χ4v) is 4.10. The summed E-state index contributed by atoms with van der Waals surface area (Å²) in [7, 11) is 0. The molecule has 0 unspecified atom stereocenters. The Morgan fingerprint density at radius 1 is 0.957 bits per heavy atom. The van der Waals surface area contributed by atoms with Crippen molar-refractivity contribution in [1.82, 2.24) is 0 Å². The number of nitrogens with zero attached hydrogens (tertiary/aromatic N) is 1. The van der Waals surface area contributed by atoms with E-state index in [1.54, 1.807) is 0 Å². The van der Waals surface area contributed by atoms with Crippen LogP contribution >= 0.6 is 15.9 Å². The van der Waals surface area contributed by atoms with Crippen LogP contribution in [-0.4, -0.2) is 11.6 Å². The lowest BCUT2D eigenvalue weighted by molar-refractivity contribution is 0.0938. The molecule has 1 fully saturated rings. The highest BCUT2D eigenvalue weighted by Crippen LogP contribution is 2.42. The van der Waals surface area contributed by atoms with Crippen molar-refractivity contribution in [3.05, 3.63) is 58.6 Å². The van der Waals surface area contributed by atoms with E-state index < -0.39 is 0 Å². The first-order valence-corrected chi connectivity index (χ1v) is 8.96. The van der Waals surface area contributed by atoms with Crippen LogP contribution in [0, 0.1) is 0 Å². The van der Waals surface area contributed by atoms with Gasteiger partial charge in [-0.2, -0.15) is 0 Å². The summed E-state index contributed by atoms with van der Waals surface area (Å²) in [6.45, 7) is 0. The normalized spacial score (nSPS) is 19.3. The number of carbonyl (C=O) groups excluding carboxylic acids is 1. The molecule has 1 heterocycles. The van der Waals surface area contributed by atoms with Gasteiger partial charge in [-0.25, -0.2) is 0 Å². The Balaban J connectivity index is 1.85. The monoisotopic (exact) mass is 370 g/mol. The maximum absolute atomic E-state index is 13.2. The van der Waals surface area contributed by atoms with Gasteiger partial charge in [-0.3, -0.25) is 9.69 Å². The first-order valence-electron chi connectivity index (χ1n) is 8.17. The van der Waals surface area contributed by atoms with Crippen LogP contribution in [-0.2, 0) is 0 Å². The predicted molar refractivity (Wildman–Crippen MR) is 96.8 cm³/mol. The second kappa shape index (κ2) is 5.68. The molecule has 0 aromatic heterocycles. The molecule has 0 saturated heterocycles. The van der Waals surface area contributed by atoms with Gasteiger partial charge in [0.15, 0.2) is 0 Å². The molecule has 1 N–H and O–H groups in total. The van der Waals surface area contributed by atoms with Crippen LogP contribution in [0.5, 0.6) is 0 Å². The zero-order chi connectivity index (χ0) is 15.9. The van der Waals surface area contributed by atoms with Gasteiger partial charge in [0.05, 0.1) is 5.56 Å². The van der Waals surface area contributed by atoms with Crippen molar-refractivity contribution in [2.24, 2.45) is 0 Å². The maximum Gasteiger partial charge on any atom is 0.262 e. The molecule has 0 atom stereocenters. The van der Waals surface area contributed by atoms with Gasteiger partial charge >= 0.3 is 0 Å². The summed E-state index contributed by atoms with van der Waals surface area (Å²) in [6.07, 6.45) is 5.52. The fraction of sp³-hybridized carbons (Fsp3) is 0.316. The molecule has 2 aliphatic rings. The Morgan fingerprint density at radius 3 is 2.39 bits per heavy atom. The third-order valence-corrected chi connectivity index (χ3v) is 5.45. The Hall–Kier alpha value is -1.81. The molecule has 4 heteroatoms. The van der Waals surface area contributed by atoms with Gasteiger partial charge in [-0.15, -0.1) is 0 Å². The highest BCUT2D eigenvalue weighted by atomic mass is 79.9. The standard InChI is InChI=1S/C19H19BrN2O/c20-14-8-10-15(11-9-14)22-18(23)16-6-2-3-7-17(16)21-19(22)12-4-1-5-13-19/h2-3,6-11,21H,1,4-5,12-13H2. The van der Waals surface area contributed by atoms with Crippen molar-refractivity contribution in [3.63, 3.8) is 0 Å². The van der Waals surface area contributed by atoms with E-state index in [-0.39, 0.29) is 11.6 Å². The van der Waals surface area contributed by atoms with E-state index >= 15 is 0 Å². The van der Waals surface area contributed by atoms with Crippen LogP contribution in [0.2, 0.25) is 0 Å². The molecule has 1 saturated carbocycles. The molecule has 118 valence electrons. The van der Waals surface area contributed by atoms with Crippen molar-refractivity contribution in [1.29, 1.82) is 0 Å². The third kappa shape index (κ3) is 2.45. The van der Waals surface area contributed by atoms with Gasteiger partial charge in [0, 0.05) is 15.8 Å². The van der Waals surface area contributed by atoms with Crippen molar-refractivity contribution >= 4 is 33.2 Å². The molecule has 0 bridgehead atoms. The number of hydrogen-bond donors (Lipinski definition) is 1. The van der Waals surface area contributed by atoms with Gasteiger partial charge in [0.25, 0.3) is 5.91 Å². The van der Waals surface area contributed by atoms with E-state index in [0.29, 0.717) is 0 Å². The molecular formula is C19H19BrN2O. The zero-order valence-corrected chi connectivity index (χ0v) is 14.5. The number of hydrogen-bond acceptors (Lipinski definition) is 2. The van der Waals surface area contributed by atoms with Gasteiger partial charge in [-0.05, 0) is 62.1 Å². The lowest BCUT2D eigenvalue weighted by Crippen LogP contribution is -2.61. The minimum Gasteiger partial charge on any atom is -0.362 e. The smallest absolute Gasteiger partial charge is 0.262 e. The Bertz CT molecular complexity index is 735. The Kier molecular flexibility index (Phi) is 3.64. The average Bonchev–Trinajstić information content (AvgIpc) is 2.57. The van der Waals surface area contributed by atoms with Crippen molar-refractivity contribution in [2.45, 2.75) is 37.8 Å². The minimum atomic E-state index is -0.294. The summed E-state index contributed by atoms with van der Waals surface area (Å²) in [4.78, 5) is 15.2. The molecule has 1 aliphatic carbocycles. The number of rotatable bonds is 1. The number of benzene rings is 2. The van der Waals surface area contributed by atoms with Gasteiger partial charge in [-0.1, -0.05) is 34.5 Å².